The SMILES string of the molecule is CCCCc1ccc2c(c1)/C(=C\c1cc(C(C)C)c(OC)c(C(C)C)c1)C(=O)N2. The predicted molar refractivity (Wildman–Crippen MR) is 123 cm³/mol. The number of benzene rings is 2. The van der Waals surface area contributed by atoms with Gasteiger partial charge >= 0.3 is 0 Å². The van der Waals surface area contributed by atoms with E-state index in [0.29, 0.717) is 11.8 Å². The molecule has 0 saturated carbocycles. The zero-order chi connectivity index (χ0) is 21.1. The Hall–Kier alpha value is -2.55. The van der Waals surface area contributed by atoms with Gasteiger partial charge in [-0.15, -0.1) is 0 Å². The molecule has 1 amide bonds. The maximum atomic E-state index is 12.7. The maximum absolute atomic E-state index is 12.7. The van der Waals surface area contributed by atoms with Crippen molar-refractivity contribution < 1.29 is 9.53 Å². The summed E-state index contributed by atoms with van der Waals surface area (Å²) >= 11 is 0. The van der Waals surface area contributed by atoms with Crippen molar-refractivity contribution in [2.75, 3.05) is 12.4 Å². The summed E-state index contributed by atoms with van der Waals surface area (Å²) in [6.45, 7) is 10.9. The van der Waals surface area contributed by atoms with Crippen LogP contribution in [0.1, 0.15) is 87.1 Å². The first-order chi connectivity index (χ1) is 13.8. The van der Waals surface area contributed by atoms with Gasteiger partial charge in [0.1, 0.15) is 5.75 Å². The van der Waals surface area contributed by atoms with Crippen LogP contribution in [-0.2, 0) is 11.2 Å². The Morgan fingerprint density at radius 2 is 1.69 bits per heavy atom. The van der Waals surface area contributed by atoms with Crippen LogP contribution in [0.3, 0.4) is 0 Å². The first kappa shape index (κ1) is 21.2. The fourth-order valence-corrected chi connectivity index (χ4v) is 3.96. The molecule has 2 aromatic rings. The number of hydrogen-bond donors (Lipinski definition) is 1. The molecule has 1 aliphatic heterocycles. The van der Waals surface area contributed by atoms with Crippen LogP contribution in [0.5, 0.6) is 5.75 Å². The molecule has 1 heterocycles. The number of fused-ring (bicyclic) bond motifs is 1. The van der Waals surface area contributed by atoms with Crippen LogP contribution in [0.15, 0.2) is 30.3 Å². The molecule has 1 N–H and O–H groups in total. The van der Waals surface area contributed by atoms with E-state index in [0.717, 1.165) is 41.0 Å². The topological polar surface area (TPSA) is 38.3 Å². The van der Waals surface area contributed by atoms with Crippen molar-refractivity contribution in [3.8, 4) is 5.75 Å². The first-order valence-electron chi connectivity index (χ1n) is 10.7. The van der Waals surface area contributed by atoms with Crippen LogP contribution in [0.2, 0.25) is 0 Å². The summed E-state index contributed by atoms with van der Waals surface area (Å²) in [6.07, 6.45) is 5.40. The molecule has 3 heteroatoms. The fraction of sp³-hybridized carbons (Fsp3) is 0.423. The van der Waals surface area contributed by atoms with Crippen LogP contribution in [0.4, 0.5) is 5.69 Å². The van der Waals surface area contributed by atoms with Gasteiger partial charge in [0.05, 0.1) is 7.11 Å². The second-order valence-corrected chi connectivity index (χ2v) is 8.54. The summed E-state index contributed by atoms with van der Waals surface area (Å²) in [4.78, 5) is 12.7. The van der Waals surface area contributed by atoms with Gasteiger partial charge in [0.15, 0.2) is 0 Å². The van der Waals surface area contributed by atoms with Gasteiger partial charge in [-0.25, -0.2) is 0 Å². The number of ether oxygens (including phenoxy) is 1. The van der Waals surface area contributed by atoms with E-state index in [-0.39, 0.29) is 5.91 Å². The molecule has 0 aromatic heterocycles. The van der Waals surface area contributed by atoms with E-state index >= 15 is 0 Å². The van der Waals surface area contributed by atoms with E-state index in [4.69, 9.17) is 4.74 Å². The van der Waals surface area contributed by atoms with Gasteiger partial charge in [0, 0.05) is 16.8 Å². The zero-order valence-electron chi connectivity index (χ0n) is 18.6. The van der Waals surface area contributed by atoms with E-state index < -0.39 is 0 Å². The van der Waals surface area contributed by atoms with Gasteiger partial charge in [-0.1, -0.05) is 47.1 Å². The summed E-state index contributed by atoms with van der Waals surface area (Å²) in [5.41, 5.74) is 7.36. The van der Waals surface area contributed by atoms with E-state index in [1.165, 1.54) is 23.1 Å². The van der Waals surface area contributed by atoms with Crippen molar-refractivity contribution in [2.24, 2.45) is 0 Å². The Kier molecular flexibility index (Phi) is 6.46. The van der Waals surface area contributed by atoms with Gasteiger partial charge < -0.3 is 10.1 Å². The van der Waals surface area contributed by atoms with Crippen molar-refractivity contribution in [1.82, 2.24) is 0 Å². The minimum Gasteiger partial charge on any atom is -0.496 e. The Balaban J connectivity index is 2.10. The Morgan fingerprint density at radius 1 is 1.03 bits per heavy atom. The number of aryl methyl sites for hydroxylation is 1. The molecule has 1 aliphatic rings. The number of unbranched alkanes of at least 4 members (excludes halogenated alkanes) is 1. The number of amides is 1. The minimum atomic E-state index is -0.0272. The minimum absolute atomic E-state index is 0.0272. The third kappa shape index (κ3) is 4.39. The molecule has 0 spiro atoms. The molecule has 0 saturated heterocycles. The largest absolute Gasteiger partial charge is 0.496 e. The lowest BCUT2D eigenvalue weighted by Crippen LogP contribution is -2.04. The van der Waals surface area contributed by atoms with Crippen molar-refractivity contribution in [2.45, 2.75) is 65.7 Å². The quantitative estimate of drug-likeness (QED) is 0.528. The number of carbonyl (C=O) groups is 1. The number of nitrogens with one attached hydrogen (secondary N) is 1. The normalized spacial score (nSPS) is 14.6. The predicted octanol–water partition coefficient (Wildman–Crippen LogP) is 6.78. The van der Waals surface area contributed by atoms with Gasteiger partial charge in [0.2, 0.25) is 0 Å². The van der Waals surface area contributed by atoms with E-state index in [2.05, 4.69) is 64.2 Å². The Bertz CT molecular complexity index is 909. The molecular weight excluding hydrogens is 358 g/mol. The molecule has 0 radical (unpaired) electrons. The van der Waals surface area contributed by atoms with Crippen LogP contribution in [0.25, 0.3) is 11.6 Å². The summed E-state index contributed by atoms with van der Waals surface area (Å²) in [6, 6.07) is 10.7. The third-order valence-electron chi connectivity index (χ3n) is 5.61. The maximum Gasteiger partial charge on any atom is 0.256 e. The number of rotatable bonds is 7. The molecular formula is C26H33NO2. The molecule has 2 aromatic carbocycles. The van der Waals surface area contributed by atoms with Gasteiger partial charge in [-0.2, -0.15) is 0 Å². The summed E-state index contributed by atoms with van der Waals surface area (Å²) in [7, 11) is 1.74. The van der Waals surface area contributed by atoms with Crippen LogP contribution < -0.4 is 10.1 Å². The van der Waals surface area contributed by atoms with Gasteiger partial charge in [-0.05, 0) is 77.3 Å². The second-order valence-electron chi connectivity index (χ2n) is 8.54. The lowest BCUT2D eigenvalue weighted by Gasteiger charge is -2.19. The highest BCUT2D eigenvalue weighted by molar-refractivity contribution is 6.35. The smallest absolute Gasteiger partial charge is 0.256 e. The molecule has 3 nitrogen and oxygen atoms in total. The van der Waals surface area contributed by atoms with E-state index in [1.807, 2.05) is 12.1 Å². The lowest BCUT2D eigenvalue weighted by molar-refractivity contribution is -0.110. The van der Waals surface area contributed by atoms with Crippen LogP contribution >= 0.6 is 0 Å². The molecule has 154 valence electrons. The fourth-order valence-electron chi connectivity index (χ4n) is 3.96. The molecule has 29 heavy (non-hydrogen) atoms. The molecule has 0 unspecified atom stereocenters. The van der Waals surface area contributed by atoms with Crippen LogP contribution in [0, 0.1) is 0 Å². The number of hydrogen-bond acceptors (Lipinski definition) is 2. The Morgan fingerprint density at radius 3 is 2.24 bits per heavy atom. The number of methoxy groups -OCH3 is 1. The molecule has 0 atom stereocenters. The lowest BCUT2D eigenvalue weighted by atomic mass is 9.90. The Labute approximate surface area is 175 Å². The average molecular weight is 392 g/mol. The average Bonchev–Trinajstić information content (AvgIpc) is 3.00. The molecule has 0 aliphatic carbocycles. The second kappa shape index (κ2) is 8.86. The summed E-state index contributed by atoms with van der Waals surface area (Å²) in [5.74, 6) is 1.62. The molecule has 0 fully saturated rings. The van der Waals surface area contributed by atoms with E-state index in [9.17, 15) is 4.79 Å². The number of anilines is 1. The zero-order valence-corrected chi connectivity index (χ0v) is 18.6. The highest BCUT2D eigenvalue weighted by Crippen LogP contribution is 2.38. The number of carbonyl (C=O) groups excluding carboxylic acids is 1. The van der Waals surface area contributed by atoms with Crippen molar-refractivity contribution in [3.63, 3.8) is 0 Å². The van der Waals surface area contributed by atoms with E-state index in [1.54, 1.807) is 7.11 Å². The monoisotopic (exact) mass is 391 g/mol. The van der Waals surface area contributed by atoms with Crippen molar-refractivity contribution >= 4 is 23.2 Å². The van der Waals surface area contributed by atoms with Crippen molar-refractivity contribution in [3.05, 3.63) is 58.1 Å². The highest BCUT2D eigenvalue weighted by atomic mass is 16.5. The van der Waals surface area contributed by atoms with Crippen molar-refractivity contribution in [1.29, 1.82) is 0 Å². The molecule has 0 bridgehead atoms. The highest BCUT2D eigenvalue weighted by Gasteiger charge is 2.25. The van der Waals surface area contributed by atoms with Crippen LogP contribution in [-0.4, -0.2) is 13.0 Å². The van der Waals surface area contributed by atoms with Gasteiger partial charge in [-0.3, -0.25) is 4.79 Å². The standard InChI is InChI=1S/C26H33NO2/c1-7-8-9-18-10-11-24-22(12-18)23(26(28)27-24)15-19-13-20(16(2)3)25(29-6)21(14-19)17(4)5/h10-17H,7-9H2,1-6H3,(H,27,28)/b23-15+. The third-order valence-corrected chi connectivity index (χ3v) is 5.61. The first-order valence-corrected chi connectivity index (χ1v) is 10.7. The summed E-state index contributed by atoms with van der Waals surface area (Å²) in [5, 5.41) is 3.02. The van der Waals surface area contributed by atoms with Gasteiger partial charge in [0.25, 0.3) is 5.91 Å². The molecule has 3 rings (SSSR count). The summed E-state index contributed by atoms with van der Waals surface area (Å²) < 4.78 is 5.75.